The number of ether oxygens (including phenoxy) is 2. The second-order valence-corrected chi connectivity index (χ2v) is 8.67. The molecular weight excluding hydrogens is 438 g/mol. The second kappa shape index (κ2) is 15.1. The third-order valence-electron chi connectivity index (χ3n) is 5.57. The molecule has 0 unspecified atom stereocenters. The number of amides is 3. The lowest BCUT2D eigenvalue weighted by atomic mass is 10.0. The van der Waals surface area contributed by atoms with Gasteiger partial charge in [0.15, 0.2) is 0 Å². The lowest BCUT2D eigenvalue weighted by Crippen LogP contribution is -2.55. The first kappa shape index (κ1) is 27.4. The largest absolute Gasteiger partial charge is 0.464 e. The predicted molar refractivity (Wildman–Crippen MR) is 129 cm³/mol. The third-order valence-corrected chi connectivity index (χ3v) is 5.57. The Labute approximate surface area is 201 Å². The summed E-state index contributed by atoms with van der Waals surface area (Å²) in [5, 5.41) is 8.32. The number of carbonyl (C=O) groups excluding carboxylic acids is 3. The Bertz CT molecular complexity index is 774. The number of urea groups is 1. The van der Waals surface area contributed by atoms with E-state index in [0.29, 0.717) is 25.5 Å². The van der Waals surface area contributed by atoms with Gasteiger partial charge in [-0.2, -0.15) is 0 Å². The van der Waals surface area contributed by atoms with Gasteiger partial charge in [-0.25, -0.2) is 14.6 Å². The first-order valence-corrected chi connectivity index (χ1v) is 12.2. The summed E-state index contributed by atoms with van der Waals surface area (Å²) in [4.78, 5) is 42.1. The van der Waals surface area contributed by atoms with E-state index in [-0.39, 0.29) is 25.0 Å². The highest BCUT2D eigenvalue weighted by molar-refractivity contribution is 5.89. The zero-order valence-corrected chi connectivity index (χ0v) is 20.3. The van der Waals surface area contributed by atoms with Gasteiger partial charge in [-0.3, -0.25) is 4.79 Å². The summed E-state index contributed by atoms with van der Waals surface area (Å²) in [5.41, 5.74) is 6.34. The van der Waals surface area contributed by atoms with Crippen molar-refractivity contribution in [3.8, 4) is 0 Å². The molecular formula is C24H39N5O5. The van der Waals surface area contributed by atoms with E-state index in [1.807, 2.05) is 6.92 Å². The molecule has 2 heterocycles. The average molecular weight is 478 g/mol. The summed E-state index contributed by atoms with van der Waals surface area (Å²) in [5.74, 6) is -0.462. The standard InChI is InChI=1S/C24H39N5O5/c1-3-34-23(31)20(14-18-11-12-21(25)26-15-18)29-24(32)28-19-10-8-6-4-5-7-9-13-33-16-17(2)27-22(19)30/h11-12,15,17,19-20H,3-10,13-14,16H2,1-2H3,(H2,25,26)(H,27,30)(H2,28,29,32)/t17-,19+,20-/m0/s1. The van der Waals surface area contributed by atoms with Crippen LogP contribution >= 0.6 is 0 Å². The van der Waals surface area contributed by atoms with Crippen molar-refractivity contribution in [1.29, 1.82) is 0 Å². The van der Waals surface area contributed by atoms with Crippen molar-refractivity contribution in [2.24, 2.45) is 0 Å². The highest BCUT2D eigenvalue weighted by Crippen LogP contribution is 2.11. The van der Waals surface area contributed by atoms with Gasteiger partial charge in [-0.1, -0.05) is 38.2 Å². The molecule has 10 heteroatoms. The number of hydrogen-bond donors (Lipinski definition) is 4. The fraction of sp³-hybridized carbons (Fsp3) is 0.667. The number of hydrogen-bond acceptors (Lipinski definition) is 7. The highest BCUT2D eigenvalue weighted by atomic mass is 16.5. The van der Waals surface area contributed by atoms with Crippen molar-refractivity contribution in [3.05, 3.63) is 23.9 Å². The van der Waals surface area contributed by atoms with Crippen LogP contribution < -0.4 is 21.7 Å². The molecule has 0 bridgehead atoms. The van der Waals surface area contributed by atoms with Crippen LogP contribution in [-0.4, -0.2) is 60.8 Å². The van der Waals surface area contributed by atoms with Crippen molar-refractivity contribution >= 4 is 23.7 Å². The lowest BCUT2D eigenvalue weighted by Gasteiger charge is -2.24. The number of esters is 1. The topological polar surface area (TPSA) is 145 Å². The number of rotatable bonds is 6. The highest BCUT2D eigenvalue weighted by Gasteiger charge is 2.26. The van der Waals surface area contributed by atoms with Gasteiger partial charge >= 0.3 is 12.0 Å². The maximum atomic E-state index is 12.9. The quantitative estimate of drug-likeness (QED) is 0.459. The van der Waals surface area contributed by atoms with E-state index < -0.39 is 24.1 Å². The number of carbonyl (C=O) groups is 3. The molecule has 2 rings (SSSR count). The van der Waals surface area contributed by atoms with E-state index in [1.54, 1.807) is 25.3 Å². The van der Waals surface area contributed by atoms with Gasteiger partial charge in [0.25, 0.3) is 0 Å². The summed E-state index contributed by atoms with van der Waals surface area (Å²) in [7, 11) is 0. The number of nitrogens with one attached hydrogen (secondary N) is 3. The Morgan fingerprint density at radius 2 is 1.97 bits per heavy atom. The van der Waals surface area contributed by atoms with Gasteiger partial charge in [0, 0.05) is 25.3 Å². The molecule has 34 heavy (non-hydrogen) atoms. The molecule has 1 fully saturated rings. The van der Waals surface area contributed by atoms with Crippen molar-refractivity contribution < 1.29 is 23.9 Å². The molecule has 0 aliphatic carbocycles. The molecule has 1 aromatic rings. The predicted octanol–water partition coefficient (Wildman–Crippen LogP) is 2.07. The van der Waals surface area contributed by atoms with E-state index in [2.05, 4.69) is 20.9 Å². The molecule has 0 radical (unpaired) electrons. The summed E-state index contributed by atoms with van der Waals surface area (Å²) in [6.45, 7) is 4.86. The number of nitrogens with zero attached hydrogens (tertiary/aromatic N) is 1. The Kier molecular flexibility index (Phi) is 12.2. The molecule has 0 aromatic carbocycles. The SMILES string of the molecule is CCOC(=O)[C@H](Cc1ccc(N)nc1)NC(=O)N[C@@H]1CCCCCCCCOC[C@H](C)NC1=O. The van der Waals surface area contributed by atoms with Crippen LogP contribution in [0.3, 0.4) is 0 Å². The molecule has 1 aliphatic heterocycles. The van der Waals surface area contributed by atoms with Gasteiger partial charge in [0.1, 0.15) is 17.9 Å². The van der Waals surface area contributed by atoms with Gasteiger partial charge in [-0.05, 0) is 38.3 Å². The fourth-order valence-electron chi connectivity index (χ4n) is 3.76. The first-order chi connectivity index (χ1) is 16.4. The summed E-state index contributed by atoms with van der Waals surface area (Å²) in [6.07, 6.45) is 8.42. The molecule has 3 atom stereocenters. The van der Waals surface area contributed by atoms with Gasteiger partial charge in [-0.15, -0.1) is 0 Å². The van der Waals surface area contributed by atoms with Crippen molar-refractivity contribution in [1.82, 2.24) is 20.9 Å². The van der Waals surface area contributed by atoms with Crippen molar-refractivity contribution in [2.75, 3.05) is 25.6 Å². The minimum Gasteiger partial charge on any atom is -0.464 e. The van der Waals surface area contributed by atoms with Crippen LogP contribution in [0.2, 0.25) is 0 Å². The van der Waals surface area contributed by atoms with E-state index in [4.69, 9.17) is 15.2 Å². The molecule has 1 aliphatic rings. The summed E-state index contributed by atoms with van der Waals surface area (Å²) >= 11 is 0. The second-order valence-electron chi connectivity index (χ2n) is 8.67. The third kappa shape index (κ3) is 10.4. The number of anilines is 1. The minimum absolute atomic E-state index is 0.173. The van der Waals surface area contributed by atoms with Gasteiger partial charge < -0.3 is 31.2 Å². The lowest BCUT2D eigenvalue weighted by molar-refractivity contribution is -0.145. The Morgan fingerprint density at radius 1 is 1.24 bits per heavy atom. The molecule has 0 spiro atoms. The molecule has 0 saturated carbocycles. The van der Waals surface area contributed by atoms with Crippen LogP contribution in [-0.2, 0) is 25.5 Å². The number of nitrogen functional groups attached to an aromatic ring is 1. The molecule has 1 saturated heterocycles. The van der Waals surface area contributed by atoms with E-state index in [1.165, 1.54) is 0 Å². The molecule has 1 aromatic heterocycles. The van der Waals surface area contributed by atoms with Gasteiger partial charge in [0.05, 0.1) is 13.2 Å². The number of nitrogens with two attached hydrogens (primary N) is 1. The van der Waals surface area contributed by atoms with Crippen LogP contribution in [0.5, 0.6) is 0 Å². The van der Waals surface area contributed by atoms with E-state index in [0.717, 1.165) is 44.1 Å². The maximum absolute atomic E-state index is 12.9. The molecule has 190 valence electrons. The van der Waals surface area contributed by atoms with E-state index >= 15 is 0 Å². The summed E-state index contributed by atoms with van der Waals surface area (Å²) in [6, 6.07) is 0.940. The summed E-state index contributed by atoms with van der Waals surface area (Å²) < 4.78 is 10.8. The first-order valence-electron chi connectivity index (χ1n) is 12.2. The molecule has 10 nitrogen and oxygen atoms in total. The minimum atomic E-state index is -0.931. The van der Waals surface area contributed by atoms with Crippen molar-refractivity contribution in [2.45, 2.75) is 83.3 Å². The number of pyridine rings is 1. The van der Waals surface area contributed by atoms with E-state index in [9.17, 15) is 14.4 Å². The fourth-order valence-corrected chi connectivity index (χ4v) is 3.76. The molecule has 3 amide bonds. The smallest absolute Gasteiger partial charge is 0.329 e. The maximum Gasteiger partial charge on any atom is 0.329 e. The molecule has 5 N–H and O–H groups in total. The van der Waals surface area contributed by atoms with Crippen LogP contribution in [0, 0.1) is 0 Å². The Hall–Kier alpha value is -2.88. The van der Waals surface area contributed by atoms with Crippen LogP contribution in [0.15, 0.2) is 18.3 Å². The Morgan fingerprint density at radius 3 is 2.68 bits per heavy atom. The van der Waals surface area contributed by atoms with Crippen LogP contribution in [0.1, 0.15) is 64.4 Å². The number of aromatic nitrogens is 1. The van der Waals surface area contributed by atoms with Crippen LogP contribution in [0.4, 0.5) is 10.6 Å². The normalized spacial score (nSPS) is 21.4. The zero-order chi connectivity index (χ0) is 24.8. The van der Waals surface area contributed by atoms with Crippen molar-refractivity contribution in [3.63, 3.8) is 0 Å². The van der Waals surface area contributed by atoms with Gasteiger partial charge in [0.2, 0.25) is 5.91 Å². The average Bonchev–Trinajstić information content (AvgIpc) is 2.80. The van der Waals surface area contributed by atoms with Crippen LogP contribution in [0.25, 0.3) is 0 Å². The zero-order valence-electron chi connectivity index (χ0n) is 20.3. The monoisotopic (exact) mass is 477 g/mol. The Balaban J connectivity index is 2.02.